The number of amides is 1. The Morgan fingerprint density at radius 2 is 1.72 bits per heavy atom. The number of benzene rings is 2. The van der Waals surface area contributed by atoms with Crippen LogP contribution >= 0.6 is 0 Å². The summed E-state index contributed by atoms with van der Waals surface area (Å²) in [4.78, 5) is 14.0. The second-order valence-corrected chi connectivity index (χ2v) is 6.04. The Morgan fingerprint density at radius 3 is 2.40 bits per heavy atom. The van der Waals surface area contributed by atoms with E-state index in [9.17, 15) is 9.18 Å². The summed E-state index contributed by atoms with van der Waals surface area (Å²) in [5.74, 6) is -0.850. The molecule has 0 bridgehead atoms. The van der Waals surface area contributed by atoms with E-state index in [2.05, 4.69) is 5.10 Å². The molecule has 5 heteroatoms. The number of aryl methyl sites for hydroxylation is 1. The monoisotopic (exact) mass is 337 g/mol. The van der Waals surface area contributed by atoms with Gasteiger partial charge in [-0.25, -0.2) is 9.07 Å². The summed E-state index contributed by atoms with van der Waals surface area (Å²) in [6, 6.07) is 15.9. The van der Waals surface area contributed by atoms with Crippen LogP contribution in [0.2, 0.25) is 0 Å². The molecule has 0 saturated carbocycles. The maximum Gasteiger partial charge on any atom is 0.256 e. The van der Waals surface area contributed by atoms with Gasteiger partial charge >= 0.3 is 0 Å². The van der Waals surface area contributed by atoms with E-state index >= 15 is 0 Å². The molecule has 0 unspecified atom stereocenters. The molecule has 0 N–H and O–H groups in total. The summed E-state index contributed by atoms with van der Waals surface area (Å²) in [6.07, 6.45) is 0. The number of hydrogen-bond donors (Lipinski definition) is 0. The Labute approximate surface area is 146 Å². The highest BCUT2D eigenvalue weighted by Crippen LogP contribution is 2.20. The van der Waals surface area contributed by atoms with Gasteiger partial charge in [0.1, 0.15) is 5.82 Å². The summed E-state index contributed by atoms with van der Waals surface area (Å²) in [5, 5.41) is 4.59. The zero-order chi connectivity index (χ0) is 18.0. The highest BCUT2D eigenvalue weighted by molar-refractivity contribution is 5.94. The molecule has 2 aromatic carbocycles. The summed E-state index contributed by atoms with van der Waals surface area (Å²) in [5.41, 5.74) is 3.84. The van der Waals surface area contributed by atoms with Crippen LogP contribution in [0.25, 0.3) is 5.69 Å². The van der Waals surface area contributed by atoms with Crippen molar-refractivity contribution in [2.24, 2.45) is 0 Å². The van der Waals surface area contributed by atoms with E-state index in [4.69, 9.17) is 0 Å². The maximum atomic E-state index is 13.9. The van der Waals surface area contributed by atoms with Crippen LogP contribution in [0.4, 0.5) is 4.39 Å². The first kappa shape index (κ1) is 16.9. The van der Waals surface area contributed by atoms with Gasteiger partial charge in [0.05, 0.1) is 16.9 Å². The Morgan fingerprint density at radius 1 is 1.08 bits per heavy atom. The molecule has 0 saturated heterocycles. The third-order valence-electron chi connectivity index (χ3n) is 4.29. The van der Waals surface area contributed by atoms with Crippen molar-refractivity contribution in [2.75, 3.05) is 7.05 Å². The first-order valence-electron chi connectivity index (χ1n) is 8.09. The zero-order valence-corrected chi connectivity index (χ0v) is 14.5. The number of aromatic nitrogens is 2. The Hall–Kier alpha value is -2.95. The number of carbonyl (C=O) groups excluding carboxylic acids is 1. The van der Waals surface area contributed by atoms with Crippen molar-refractivity contribution in [3.8, 4) is 5.69 Å². The summed E-state index contributed by atoms with van der Waals surface area (Å²) in [7, 11) is 1.67. The molecule has 0 radical (unpaired) electrons. The lowest BCUT2D eigenvalue weighted by molar-refractivity contribution is 0.0780. The second-order valence-electron chi connectivity index (χ2n) is 6.04. The molecule has 25 heavy (non-hydrogen) atoms. The topological polar surface area (TPSA) is 38.1 Å². The second kappa shape index (κ2) is 6.89. The molecule has 4 nitrogen and oxygen atoms in total. The van der Waals surface area contributed by atoms with E-state index < -0.39 is 5.82 Å². The van der Waals surface area contributed by atoms with Gasteiger partial charge in [-0.15, -0.1) is 0 Å². The van der Waals surface area contributed by atoms with Crippen LogP contribution in [0.15, 0.2) is 54.6 Å². The SMILES string of the molecule is Cc1nn(-c2ccccc2)c(C)c1CN(C)C(=O)c1ccccc1F. The van der Waals surface area contributed by atoms with Crippen molar-refractivity contribution in [2.45, 2.75) is 20.4 Å². The number of rotatable bonds is 4. The number of carbonyl (C=O) groups is 1. The fraction of sp³-hybridized carbons (Fsp3) is 0.200. The minimum Gasteiger partial charge on any atom is -0.337 e. The molecule has 3 aromatic rings. The average molecular weight is 337 g/mol. The van der Waals surface area contributed by atoms with Gasteiger partial charge in [-0.3, -0.25) is 4.79 Å². The van der Waals surface area contributed by atoms with Crippen LogP contribution < -0.4 is 0 Å². The predicted molar refractivity (Wildman–Crippen MR) is 95.2 cm³/mol. The van der Waals surface area contributed by atoms with E-state index in [1.807, 2.05) is 48.9 Å². The molecule has 1 aromatic heterocycles. The number of hydrogen-bond acceptors (Lipinski definition) is 2. The molecule has 0 atom stereocenters. The molecular weight excluding hydrogens is 317 g/mol. The van der Waals surface area contributed by atoms with Crippen LogP contribution in [-0.2, 0) is 6.54 Å². The molecular formula is C20H20FN3O. The molecule has 1 amide bonds. The normalized spacial score (nSPS) is 10.7. The summed E-state index contributed by atoms with van der Waals surface area (Å²) < 4.78 is 15.7. The standard InChI is InChI=1S/C20H20FN3O/c1-14-18(15(2)24(22-14)16-9-5-4-6-10-16)13-23(3)20(25)17-11-7-8-12-19(17)21/h4-12H,13H2,1-3H3. The van der Waals surface area contributed by atoms with Crippen molar-refractivity contribution >= 4 is 5.91 Å². The van der Waals surface area contributed by atoms with Crippen molar-refractivity contribution < 1.29 is 9.18 Å². The summed E-state index contributed by atoms with van der Waals surface area (Å²) in [6.45, 7) is 4.27. The summed E-state index contributed by atoms with van der Waals surface area (Å²) >= 11 is 0. The van der Waals surface area contributed by atoms with E-state index in [1.165, 1.54) is 17.0 Å². The Kier molecular flexibility index (Phi) is 4.65. The van der Waals surface area contributed by atoms with Gasteiger partial charge in [-0.2, -0.15) is 5.10 Å². The molecule has 3 rings (SSSR count). The number of para-hydroxylation sites is 1. The fourth-order valence-corrected chi connectivity index (χ4v) is 2.87. The first-order chi connectivity index (χ1) is 12.0. The Balaban J connectivity index is 1.87. The smallest absolute Gasteiger partial charge is 0.256 e. The van der Waals surface area contributed by atoms with Crippen LogP contribution in [0, 0.1) is 19.7 Å². The van der Waals surface area contributed by atoms with Crippen LogP contribution in [0.5, 0.6) is 0 Å². The fourth-order valence-electron chi connectivity index (χ4n) is 2.87. The molecule has 0 fully saturated rings. The van der Waals surface area contributed by atoms with Crippen molar-refractivity contribution in [3.05, 3.63) is 82.9 Å². The van der Waals surface area contributed by atoms with E-state index in [1.54, 1.807) is 19.2 Å². The molecule has 0 spiro atoms. The Bertz CT molecular complexity index is 903. The zero-order valence-electron chi connectivity index (χ0n) is 14.5. The third-order valence-corrected chi connectivity index (χ3v) is 4.29. The van der Waals surface area contributed by atoms with Crippen LogP contribution in [0.1, 0.15) is 27.3 Å². The minimum atomic E-state index is -0.507. The predicted octanol–water partition coefficient (Wildman–Crippen LogP) is 3.90. The highest BCUT2D eigenvalue weighted by atomic mass is 19.1. The first-order valence-corrected chi connectivity index (χ1v) is 8.09. The van der Waals surface area contributed by atoms with E-state index in [0.29, 0.717) is 6.54 Å². The van der Waals surface area contributed by atoms with E-state index in [0.717, 1.165) is 22.6 Å². The average Bonchev–Trinajstić information content (AvgIpc) is 2.90. The minimum absolute atomic E-state index is 0.0794. The van der Waals surface area contributed by atoms with Gasteiger partial charge in [-0.05, 0) is 38.1 Å². The lowest BCUT2D eigenvalue weighted by Gasteiger charge is -2.18. The van der Waals surface area contributed by atoms with Gasteiger partial charge in [0.2, 0.25) is 0 Å². The van der Waals surface area contributed by atoms with Gasteiger partial charge in [0.15, 0.2) is 0 Å². The van der Waals surface area contributed by atoms with Gasteiger partial charge < -0.3 is 4.90 Å². The molecule has 128 valence electrons. The highest BCUT2D eigenvalue weighted by Gasteiger charge is 2.20. The van der Waals surface area contributed by atoms with Gasteiger partial charge in [0, 0.05) is 24.8 Å². The van der Waals surface area contributed by atoms with Gasteiger partial charge in [0.25, 0.3) is 5.91 Å². The third kappa shape index (κ3) is 3.31. The lowest BCUT2D eigenvalue weighted by Crippen LogP contribution is -2.27. The van der Waals surface area contributed by atoms with E-state index in [-0.39, 0.29) is 11.5 Å². The maximum absolute atomic E-state index is 13.9. The van der Waals surface area contributed by atoms with Crippen molar-refractivity contribution in [1.29, 1.82) is 0 Å². The number of halogens is 1. The van der Waals surface area contributed by atoms with Crippen molar-refractivity contribution in [1.82, 2.24) is 14.7 Å². The molecule has 0 aliphatic rings. The molecule has 1 heterocycles. The molecule has 0 aliphatic carbocycles. The number of nitrogens with zero attached hydrogens (tertiary/aromatic N) is 3. The largest absolute Gasteiger partial charge is 0.337 e. The van der Waals surface area contributed by atoms with Crippen molar-refractivity contribution in [3.63, 3.8) is 0 Å². The lowest BCUT2D eigenvalue weighted by atomic mass is 10.1. The van der Waals surface area contributed by atoms with Crippen LogP contribution in [-0.4, -0.2) is 27.6 Å². The van der Waals surface area contributed by atoms with Crippen LogP contribution in [0.3, 0.4) is 0 Å². The quantitative estimate of drug-likeness (QED) is 0.724. The van der Waals surface area contributed by atoms with Gasteiger partial charge in [-0.1, -0.05) is 30.3 Å². The molecule has 0 aliphatic heterocycles.